The summed E-state index contributed by atoms with van der Waals surface area (Å²) in [7, 11) is 0. The van der Waals surface area contributed by atoms with Crippen molar-refractivity contribution < 1.29 is 4.74 Å². The van der Waals surface area contributed by atoms with Crippen molar-refractivity contribution in [3.63, 3.8) is 0 Å². The van der Waals surface area contributed by atoms with Gasteiger partial charge in [0.2, 0.25) is 0 Å². The molecule has 5 nitrogen and oxygen atoms in total. The van der Waals surface area contributed by atoms with Crippen LogP contribution in [-0.2, 0) is 6.61 Å². The summed E-state index contributed by atoms with van der Waals surface area (Å²) in [6.45, 7) is 0.463. The molecule has 172 valence electrons. The molecule has 3 aromatic carbocycles. The molecule has 1 heterocycles. The van der Waals surface area contributed by atoms with Crippen molar-refractivity contribution in [3.05, 3.63) is 105 Å². The maximum Gasteiger partial charge on any atom is 0.282 e. The largest absolute Gasteiger partial charge is 0.488 e. The van der Waals surface area contributed by atoms with Crippen molar-refractivity contribution in [3.8, 4) is 5.75 Å². The predicted molar refractivity (Wildman–Crippen MR) is 140 cm³/mol. The van der Waals surface area contributed by atoms with Crippen molar-refractivity contribution in [2.24, 2.45) is 5.10 Å². The summed E-state index contributed by atoms with van der Waals surface area (Å²) >= 11 is 3.48. The fraction of sp³-hybridized carbons (Fsp3) is 0.250. The van der Waals surface area contributed by atoms with E-state index in [0.29, 0.717) is 17.5 Å². The Bertz CT molecular complexity index is 1380. The van der Waals surface area contributed by atoms with Gasteiger partial charge in [-0.2, -0.15) is 9.78 Å². The lowest BCUT2D eigenvalue weighted by Crippen LogP contribution is -2.25. The average molecular weight is 516 g/mol. The third-order valence-corrected chi connectivity index (χ3v) is 6.77. The van der Waals surface area contributed by atoms with Gasteiger partial charge in [-0.25, -0.2) is 4.98 Å². The lowest BCUT2D eigenvalue weighted by Gasteiger charge is -2.22. The van der Waals surface area contributed by atoms with Crippen LogP contribution in [0.1, 0.15) is 55.0 Å². The molecule has 1 fully saturated rings. The van der Waals surface area contributed by atoms with E-state index in [4.69, 9.17) is 9.72 Å². The Kier molecular flexibility index (Phi) is 6.86. The summed E-state index contributed by atoms with van der Waals surface area (Å²) in [4.78, 5) is 18.4. The minimum Gasteiger partial charge on any atom is -0.488 e. The fourth-order valence-electron chi connectivity index (χ4n) is 4.48. The number of hydrogen-bond acceptors (Lipinski definition) is 4. The van der Waals surface area contributed by atoms with Crippen LogP contribution in [-0.4, -0.2) is 15.9 Å². The molecule has 34 heavy (non-hydrogen) atoms. The Morgan fingerprint density at radius 2 is 1.76 bits per heavy atom. The normalized spacial score (nSPS) is 14.6. The second-order valence-electron chi connectivity index (χ2n) is 8.64. The van der Waals surface area contributed by atoms with Crippen LogP contribution >= 0.6 is 15.9 Å². The Morgan fingerprint density at radius 1 is 1.00 bits per heavy atom. The maximum atomic E-state index is 13.5. The van der Waals surface area contributed by atoms with E-state index >= 15 is 0 Å². The number of halogens is 1. The van der Waals surface area contributed by atoms with Crippen molar-refractivity contribution in [2.75, 3.05) is 0 Å². The molecule has 1 saturated carbocycles. The van der Waals surface area contributed by atoms with Crippen molar-refractivity contribution >= 4 is 33.0 Å². The van der Waals surface area contributed by atoms with Gasteiger partial charge in [0.25, 0.3) is 5.56 Å². The molecule has 0 bridgehead atoms. The highest BCUT2D eigenvalue weighted by Crippen LogP contribution is 2.32. The van der Waals surface area contributed by atoms with Crippen LogP contribution in [0.15, 0.2) is 87.2 Å². The molecule has 0 radical (unpaired) electrons. The van der Waals surface area contributed by atoms with Crippen molar-refractivity contribution in [1.82, 2.24) is 9.66 Å². The summed E-state index contributed by atoms with van der Waals surface area (Å²) in [6.07, 6.45) is 7.30. The summed E-state index contributed by atoms with van der Waals surface area (Å²) in [5, 5.41) is 5.22. The molecular formula is C28H26BrN3O2. The van der Waals surface area contributed by atoms with E-state index in [1.54, 1.807) is 6.21 Å². The third-order valence-electron chi connectivity index (χ3n) is 6.27. The fourth-order valence-corrected chi connectivity index (χ4v) is 4.84. The zero-order valence-electron chi connectivity index (χ0n) is 18.9. The zero-order chi connectivity index (χ0) is 23.3. The van der Waals surface area contributed by atoms with E-state index in [1.807, 2.05) is 72.8 Å². The van der Waals surface area contributed by atoms with Gasteiger partial charge >= 0.3 is 0 Å². The van der Waals surface area contributed by atoms with Gasteiger partial charge in [-0.3, -0.25) is 4.79 Å². The smallest absolute Gasteiger partial charge is 0.282 e. The van der Waals surface area contributed by atoms with Gasteiger partial charge in [0.05, 0.1) is 17.1 Å². The maximum absolute atomic E-state index is 13.5. The monoisotopic (exact) mass is 515 g/mol. The van der Waals surface area contributed by atoms with Crippen LogP contribution in [0.2, 0.25) is 0 Å². The van der Waals surface area contributed by atoms with Crippen LogP contribution in [0.5, 0.6) is 5.75 Å². The van der Waals surface area contributed by atoms with Gasteiger partial charge < -0.3 is 4.74 Å². The highest BCUT2D eigenvalue weighted by molar-refractivity contribution is 9.10. The van der Waals surface area contributed by atoms with E-state index in [2.05, 4.69) is 21.0 Å². The summed E-state index contributed by atoms with van der Waals surface area (Å²) in [6, 6.07) is 23.4. The first-order chi connectivity index (χ1) is 16.7. The second kappa shape index (κ2) is 10.3. The van der Waals surface area contributed by atoms with E-state index in [9.17, 15) is 4.79 Å². The Morgan fingerprint density at radius 3 is 2.59 bits per heavy atom. The molecule has 0 N–H and O–H groups in total. The SMILES string of the molecule is O=c1c2cc(Br)ccc2nc(C2CCCCC2)n1N=Cc1ccccc1OCc1ccccc1. The first-order valence-electron chi connectivity index (χ1n) is 11.7. The Labute approximate surface area is 207 Å². The quantitative estimate of drug-likeness (QED) is 0.269. The number of hydrogen-bond donors (Lipinski definition) is 0. The highest BCUT2D eigenvalue weighted by Gasteiger charge is 2.22. The Balaban J connectivity index is 1.52. The number of rotatable bonds is 6. The lowest BCUT2D eigenvalue weighted by molar-refractivity contribution is 0.306. The molecule has 1 aromatic heterocycles. The molecule has 4 aromatic rings. The van der Waals surface area contributed by atoms with Crippen LogP contribution in [0, 0.1) is 0 Å². The number of nitrogens with zero attached hydrogens (tertiary/aromatic N) is 3. The summed E-state index contributed by atoms with van der Waals surface area (Å²) < 4.78 is 8.42. The van der Waals surface area contributed by atoms with Gasteiger partial charge in [0.1, 0.15) is 18.2 Å². The molecule has 1 aliphatic rings. The van der Waals surface area contributed by atoms with Gasteiger partial charge in [0, 0.05) is 16.0 Å². The van der Waals surface area contributed by atoms with Gasteiger partial charge in [-0.1, -0.05) is 77.7 Å². The van der Waals surface area contributed by atoms with Crippen molar-refractivity contribution in [1.29, 1.82) is 0 Å². The van der Waals surface area contributed by atoms with Crippen LogP contribution < -0.4 is 10.3 Å². The van der Waals surface area contributed by atoms with E-state index in [0.717, 1.165) is 52.9 Å². The molecule has 0 spiro atoms. The Hall–Kier alpha value is -3.25. The number of benzene rings is 3. The minimum atomic E-state index is -0.147. The van der Waals surface area contributed by atoms with Crippen LogP contribution in [0.4, 0.5) is 0 Å². The lowest BCUT2D eigenvalue weighted by atomic mass is 9.88. The first-order valence-corrected chi connectivity index (χ1v) is 12.5. The van der Waals surface area contributed by atoms with E-state index in [1.165, 1.54) is 11.1 Å². The van der Waals surface area contributed by atoms with Crippen LogP contribution in [0.25, 0.3) is 10.9 Å². The standard InChI is InChI=1S/C28H26BrN3O2/c29-23-15-16-25-24(17-23)28(33)32(27(31-25)21-11-5-2-6-12-21)30-18-22-13-7-8-14-26(22)34-19-20-9-3-1-4-10-20/h1,3-4,7-10,13-18,21H,2,5-6,11-12,19H2. The molecule has 6 heteroatoms. The molecule has 0 atom stereocenters. The van der Waals surface area contributed by atoms with Gasteiger partial charge in [-0.05, 0) is 48.7 Å². The number of para-hydroxylation sites is 1. The number of ether oxygens (including phenoxy) is 1. The molecule has 1 aliphatic carbocycles. The van der Waals surface area contributed by atoms with Gasteiger partial charge in [0.15, 0.2) is 0 Å². The highest BCUT2D eigenvalue weighted by atomic mass is 79.9. The summed E-state index contributed by atoms with van der Waals surface area (Å²) in [5.41, 5.74) is 2.47. The van der Waals surface area contributed by atoms with Crippen LogP contribution in [0.3, 0.4) is 0 Å². The third kappa shape index (κ3) is 4.97. The first kappa shape index (κ1) is 22.5. The van der Waals surface area contributed by atoms with Crippen molar-refractivity contribution in [2.45, 2.75) is 44.6 Å². The number of fused-ring (bicyclic) bond motifs is 1. The summed E-state index contributed by atoms with van der Waals surface area (Å²) in [5.74, 6) is 1.70. The molecule has 5 rings (SSSR count). The zero-order valence-corrected chi connectivity index (χ0v) is 20.4. The number of aromatic nitrogens is 2. The minimum absolute atomic E-state index is 0.147. The molecule has 0 aliphatic heterocycles. The molecule has 0 saturated heterocycles. The molecular weight excluding hydrogens is 490 g/mol. The molecule has 0 amide bonds. The average Bonchev–Trinajstić information content (AvgIpc) is 2.89. The van der Waals surface area contributed by atoms with E-state index < -0.39 is 0 Å². The van der Waals surface area contributed by atoms with Gasteiger partial charge in [-0.15, -0.1) is 0 Å². The topological polar surface area (TPSA) is 56.5 Å². The molecule has 0 unspecified atom stereocenters. The second-order valence-corrected chi connectivity index (χ2v) is 9.56. The predicted octanol–water partition coefficient (Wildman–Crippen LogP) is 6.67. The van der Waals surface area contributed by atoms with E-state index in [-0.39, 0.29) is 11.5 Å².